The molecule has 1 aliphatic rings. The Morgan fingerprint density at radius 1 is 0.960 bits per heavy atom. The number of halogens is 1. The molecule has 134 valence electrons. The number of sulfonamides is 1. The largest absolute Gasteiger partial charge is 0.508 e. The zero-order chi connectivity index (χ0) is 18.0. The van der Waals surface area contributed by atoms with E-state index in [1.165, 1.54) is 18.2 Å². The van der Waals surface area contributed by atoms with E-state index in [-0.39, 0.29) is 28.4 Å². The Morgan fingerprint density at radius 3 is 2.20 bits per heavy atom. The highest BCUT2D eigenvalue weighted by molar-refractivity contribution is 7.89. The van der Waals surface area contributed by atoms with Crippen LogP contribution in [-0.2, 0) is 10.0 Å². The van der Waals surface area contributed by atoms with E-state index in [2.05, 4.69) is 4.72 Å². The van der Waals surface area contributed by atoms with Crippen molar-refractivity contribution in [2.75, 3.05) is 0 Å². The number of hydrogen-bond donors (Lipinski definition) is 3. The minimum absolute atomic E-state index is 0.0330. The third kappa shape index (κ3) is 4.26. The van der Waals surface area contributed by atoms with E-state index < -0.39 is 10.0 Å². The molecule has 25 heavy (non-hydrogen) atoms. The Labute approximate surface area is 152 Å². The predicted molar refractivity (Wildman–Crippen MR) is 96.5 cm³/mol. The van der Waals surface area contributed by atoms with Crippen molar-refractivity contribution in [2.24, 2.45) is 0 Å². The van der Waals surface area contributed by atoms with Crippen LogP contribution in [0.4, 0.5) is 0 Å². The minimum Gasteiger partial charge on any atom is -0.508 e. The summed E-state index contributed by atoms with van der Waals surface area (Å²) in [6.07, 6.45) is 2.92. The van der Waals surface area contributed by atoms with Gasteiger partial charge in [-0.15, -0.1) is 0 Å². The molecule has 7 heteroatoms. The summed E-state index contributed by atoms with van der Waals surface area (Å²) in [7, 11) is -3.56. The molecule has 2 aromatic carbocycles. The highest BCUT2D eigenvalue weighted by Gasteiger charge is 2.27. The molecule has 0 bridgehead atoms. The summed E-state index contributed by atoms with van der Waals surface area (Å²) >= 11 is 5.80. The van der Waals surface area contributed by atoms with Gasteiger partial charge in [0.25, 0.3) is 0 Å². The van der Waals surface area contributed by atoms with Gasteiger partial charge < -0.3 is 10.2 Å². The van der Waals surface area contributed by atoms with Crippen molar-refractivity contribution in [3.05, 3.63) is 53.1 Å². The molecule has 0 saturated heterocycles. The molecule has 1 saturated carbocycles. The molecule has 0 amide bonds. The lowest BCUT2D eigenvalue weighted by atomic mass is 9.81. The van der Waals surface area contributed by atoms with Gasteiger partial charge in [0.2, 0.25) is 10.0 Å². The van der Waals surface area contributed by atoms with Crippen molar-refractivity contribution < 1.29 is 18.6 Å². The number of nitrogens with one attached hydrogen (secondary N) is 1. The molecular formula is C18H20ClNO4S. The number of hydrogen-bond acceptors (Lipinski definition) is 4. The second kappa shape index (κ2) is 7.23. The van der Waals surface area contributed by atoms with Crippen molar-refractivity contribution in [3.63, 3.8) is 0 Å². The molecular weight excluding hydrogens is 362 g/mol. The van der Waals surface area contributed by atoms with E-state index in [0.29, 0.717) is 17.9 Å². The van der Waals surface area contributed by atoms with Gasteiger partial charge in [0.1, 0.15) is 11.5 Å². The van der Waals surface area contributed by atoms with Crippen LogP contribution in [-0.4, -0.2) is 24.7 Å². The monoisotopic (exact) mass is 381 g/mol. The maximum atomic E-state index is 12.4. The van der Waals surface area contributed by atoms with Gasteiger partial charge in [0.05, 0.1) is 4.90 Å². The first-order chi connectivity index (χ1) is 11.8. The van der Waals surface area contributed by atoms with Gasteiger partial charge in [0, 0.05) is 17.1 Å². The van der Waals surface area contributed by atoms with Gasteiger partial charge in [-0.1, -0.05) is 17.7 Å². The van der Waals surface area contributed by atoms with Crippen molar-refractivity contribution in [1.29, 1.82) is 0 Å². The molecule has 0 heterocycles. The quantitative estimate of drug-likeness (QED) is 0.752. The number of phenols is 2. The molecule has 3 rings (SSSR count). The fraction of sp³-hybridized carbons (Fsp3) is 0.333. The maximum absolute atomic E-state index is 12.4. The third-order valence-corrected chi connectivity index (χ3v) is 6.42. The fourth-order valence-electron chi connectivity index (χ4n) is 3.30. The van der Waals surface area contributed by atoms with E-state index in [9.17, 15) is 18.6 Å². The van der Waals surface area contributed by atoms with Gasteiger partial charge in [0.15, 0.2) is 0 Å². The lowest BCUT2D eigenvalue weighted by molar-refractivity contribution is 0.362. The minimum atomic E-state index is -3.56. The van der Waals surface area contributed by atoms with E-state index in [1.807, 2.05) is 0 Å². The molecule has 5 nitrogen and oxygen atoms in total. The zero-order valence-corrected chi connectivity index (χ0v) is 15.1. The summed E-state index contributed by atoms with van der Waals surface area (Å²) in [5.74, 6) is 0.285. The summed E-state index contributed by atoms with van der Waals surface area (Å²) in [6.45, 7) is 0. The smallest absolute Gasteiger partial charge is 0.240 e. The van der Waals surface area contributed by atoms with Crippen LogP contribution in [0.25, 0.3) is 0 Å². The lowest BCUT2D eigenvalue weighted by Gasteiger charge is -2.29. The molecule has 0 radical (unpaired) electrons. The average molecular weight is 382 g/mol. The van der Waals surface area contributed by atoms with Crippen molar-refractivity contribution in [3.8, 4) is 11.5 Å². The van der Waals surface area contributed by atoms with Gasteiger partial charge in [-0.2, -0.15) is 0 Å². The van der Waals surface area contributed by atoms with Gasteiger partial charge in [-0.3, -0.25) is 0 Å². The molecule has 1 fully saturated rings. The first-order valence-electron chi connectivity index (χ1n) is 8.15. The second-order valence-corrected chi connectivity index (χ2v) is 8.52. The Balaban J connectivity index is 1.63. The summed E-state index contributed by atoms with van der Waals surface area (Å²) in [5.41, 5.74) is 0.803. The van der Waals surface area contributed by atoms with Crippen LogP contribution in [0.1, 0.15) is 37.2 Å². The average Bonchev–Trinajstić information content (AvgIpc) is 2.56. The van der Waals surface area contributed by atoms with E-state index in [0.717, 1.165) is 18.4 Å². The van der Waals surface area contributed by atoms with Crippen LogP contribution < -0.4 is 4.72 Å². The van der Waals surface area contributed by atoms with Crippen LogP contribution in [0.2, 0.25) is 5.02 Å². The summed E-state index contributed by atoms with van der Waals surface area (Å²) in [6, 6.07) is 10.6. The number of aromatic hydroxyl groups is 2. The highest BCUT2D eigenvalue weighted by atomic mass is 35.5. The number of phenolic OH excluding ortho intramolecular Hbond substituents is 2. The zero-order valence-electron chi connectivity index (χ0n) is 13.5. The molecule has 0 atom stereocenters. The third-order valence-electron chi connectivity index (χ3n) is 4.63. The van der Waals surface area contributed by atoms with Crippen LogP contribution in [0.15, 0.2) is 47.4 Å². The second-order valence-electron chi connectivity index (χ2n) is 6.37. The number of rotatable bonds is 4. The Bertz CT molecular complexity index is 844. The van der Waals surface area contributed by atoms with Gasteiger partial charge in [-0.25, -0.2) is 13.1 Å². The Morgan fingerprint density at radius 2 is 1.60 bits per heavy atom. The van der Waals surface area contributed by atoms with Crippen molar-refractivity contribution >= 4 is 21.6 Å². The van der Waals surface area contributed by atoms with Crippen LogP contribution in [0.3, 0.4) is 0 Å². The van der Waals surface area contributed by atoms with Crippen LogP contribution in [0.5, 0.6) is 11.5 Å². The van der Waals surface area contributed by atoms with E-state index in [1.54, 1.807) is 24.3 Å². The van der Waals surface area contributed by atoms with Gasteiger partial charge >= 0.3 is 0 Å². The lowest BCUT2D eigenvalue weighted by Crippen LogP contribution is -2.37. The standard InChI is InChI=1S/C18H20ClNO4S/c19-13-3-8-16(9-4-13)25(23,24)20-14-5-1-12(2-6-14)17-10-7-15(21)11-18(17)22/h3-4,7-12,14,20-22H,1-2,5-6H2/t12-,14+. The summed E-state index contributed by atoms with van der Waals surface area (Å²) in [4.78, 5) is 0.204. The van der Waals surface area contributed by atoms with E-state index >= 15 is 0 Å². The fourth-order valence-corrected chi connectivity index (χ4v) is 4.73. The molecule has 0 spiro atoms. The van der Waals surface area contributed by atoms with Crippen LogP contribution in [0, 0.1) is 0 Å². The number of benzene rings is 2. The normalized spacial score (nSPS) is 21.2. The van der Waals surface area contributed by atoms with Crippen molar-refractivity contribution in [2.45, 2.75) is 42.5 Å². The maximum Gasteiger partial charge on any atom is 0.240 e. The molecule has 2 aromatic rings. The van der Waals surface area contributed by atoms with Crippen molar-refractivity contribution in [1.82, 2.24) is 4.72 Å². The summed E-state index contributed by atoms with van der Waals surface area (Å²) in [5, 5.41) is 19.9. The topological polar surface area (TPSA) is 86.6 Å². The molecule has 1 aliphatic carbocycles. The van der Waals surface area contributed by atoms with Gasteiger partial charge in [-0.05, 0) is 67.5 Å². The van der Waals surface area contributed by atoms with E-state index in [4.69, 9.17) is 11.6 Å². The molecule has 0 aromatic heterocycles. The first-order valence-corrected chi connectivity index (χ1v) is 10.0. The highest BCUT2D eigenvalue weighted by Crippen LogP contribution is 2.38. The summed E-state index contributed by atoms with van der Waals surface area (Å²) < 4.78 is 27.6. The Hall–Kier alpha value is -1.76. The molecule has 0 aliphatic heterocycles. The predicted octanol–water partition coefficient (Wildman–Crippen LogP) is 3.76. The Kier molecular flexibility index (Phi) is 5.22. The van der Waals surface area contributed by atoms with Crippen LogP contribution >= 0.6 is 11.6 Å². The molecule has 0 unspecified atom stereocenters. The SMILES string of the molecule is O=S(=O)(N[C@H]1CC[C@@H](c2ccc(O)cc2O)CC1)c1ccc(Cl)cc1. The first kappa shape index (κ1) is 18.0. The molecule has 3 N–H and O–H groups in total.